The summed E-state index contributed by atoms with van der Waals surface area (Å²) in [7, 11) is 5.26. The Kier molecular flexibility index (Phi) is 5.09. The molecule has 1 aromatic heterocycles. The first-order valence-electron chi connectivity index (χ1n) is 6.75. The maximum Gasteiger partial charge on any atom is 0.161 e. The van der Waals surface area contributed by atoms with E-state index in [1.807, 2.05) is 25.2 Å². The zero-order valence-corrected chi connectivity index (χ0v) is 13.7. The molecule has 114 valence electrons. The van der Waals surface area contributed by atoms with E-state index < -0.39 is 0 Å². The van der Waals surface area contributed by atoms with E-state index in [0.29, 0.717) is 6.54 Å². The first kappa shape index (κ1) is 15.7. The van der Waals surface area contributed by atoms with Gasteiger partial charge in [-0.25, -0.2) is 0 Å². The van der Waals surface area contributed by atoms with Gasteiger partial charge in [-0.15, -0.1) is 11.3 Å². The van der Waals surface area contributed by atoms with Gasteiger partial charge in [-0.3, -0.25) is 0 Å². The fraction of sp³-hybridized carbons (Fsp3) is 0.375. The molecule has 0 spiro atoms. The van der Waals surface area contributed by atoms with Crippen LogP contribution in [-0.4, -0.2) is 39.5 Å². The maximum atomic E-state index is 9.07. The lowest BCUT2D eigenvalue weighted by atomic mass is 10.1. The minimum Gasteiger partial charge on any atom is -0.493 e. The number of nitrogens with zero attached hydrogens (tertiary/aromatic N) is 1. The number of methoxy groups -OCH3 is 2. The fourth-order valence-electron chi connectivity index (χ4n) is 2.25. The first-order chi connectivity index (χ1) is 10.1. The van der Waals surface area contributed by atoms with Crippen molar-refractivity contribution < 1.29 is 14.6 Å². The van der Waals surface area contributed by atoms with Crippen LogP contribution in [0.15, 0.2) is 24.3 Å². The Labute approximate surface area is 129 Å². The molecule has 2 rings (SSSR count). The first-order valence-corrected chi connectivity index (χ1v) is 7.57. The van der Waals surface area contributed by atoms with Crippen molar-refractivity contribution >= 4 is 17.0 Å². The summed E-state index contributed by atoms with van der Waals surface area (Å²) >= 11 is 1.73. The Morgan fingerprint density at radius 1 is 1.14 bits per heavy atom. The predicted molar refractivity (Wildman–Crippen MR) is 88.0 cm³/mol. The number of aliphatic hydroxyl groups excluding tert-OH is 1. The van der Waals surface area contributed by atoms with Crippen LogP contribution in [0.4, 0.5) is 5.69 Å². The molecular formula is C16H21NO3S. The lowest BCUT2D eigenvalue weighted by Crippen LogP contribution is -2.21. The second-order valence-electron chi connectivity index (χ2n) is 4.77. The summed E-state index contributed by atoms with van der Waals surface area (Å²) in [6, 6.07) is 8.08. The molecule has 0 amide bonds. The number of hydrogen-bond acceptors (Lipinski definition) is 5. The summed E-state index contributed by atoms with van der Waals surface area (Å²) in [5, 5.41) is 9.07. The van der Waals surface area contributed by atoms with E-state index in [1.165, 1.54) is 9.75 Å². The van der Waals surface area contributed by atoms with Crippen LogP contribution in [0.1, 0.15) is 4.88 Å². The van der Waals surface area contributed by atoms with Crippen LogP contribution >= 0.6 is 11.3 Å². The minimum atomic E-state index is 0.150. The second kappa shape index (κ2) is 6.83. The molecule has 0 atom stereocenters. The number of rotatable bonds is 6. The van der Waals surface area contributed by atoms with Crippen molar-refractivity contribution in [2.45, 2.75) is 6.92 Å². The SMILES string of the molecule is COc1ccc(-c2cc(N(C)CCO)c(C)s2)cc1OC. The molecule has 0 aliphatic carbocycles. The summed E-state index contributed by atoms with van der Waals surface area (Å²) in [4.78, 5) is 4.47. The highest BCUT2D eigenvalue weighted by Gasteiger charge is 2.13. The van der Waals surface area contributed by atoms with E-state index in [4.69, 9.17) is 14.6 Å². The highest BCUT2D eigenvalue weighted by Crippen LogP contribution is 2.39. The van der Waals surface area contributed by atoms with E-state index in [9.17, 15) is 0 Å². The Morgan fingerprint density at radius 2 is 1.86 bits per heavy atom. The average Bonchev–Trinajstić information content (AvgIpc) is 2.88. The predicted octanol–water partition coefficient (Wildman–Crippen LogP) is 3.17. The summed E-state index contributed by atoms with van der Waals surface area (Å²) in [5.41, 5.74) is 2.25. The molecule has 0 saturated heterocycles. The van der Waals surface area contributed by atoms with Gasteiger partial charge < -0.3 is 19.5 Å². The molecular weight excluding hydrogens is 286 g/mol. The van der Waals surface area contributed by atoms with Crippen LogP contribution in [0.5, 0.6) is 11.5 Å². The van der Waals surface area contributed by atoms with Crippen molar-refractivity contribution in [3.05, 3.63) is 29.1 Å². The Balaban J connectivity index is 2.36. The van der Waals surface area contributed by atoms with Crippen molar-refractivity contribution in [1.82, 2.24) is 0 Å². The molecule has 4 nitrogen and oxygen atoms in total. The number of hydrogen-bond donors (Lipinski definition) is 1. The van der Waals surface area contributed by atoms with Crippen LogP contribution in [0.2, 0.25) is 0 Å². The van der Waals surface area contributed by atoms with E-state index in [-0.39, 0.29) is 6.61 Å². The molecule has 0 fully saturated rings. The Bertz CT molecular complexity index is 610. The highest BCUT2D eigenvalue weighted by atomic mass is 32.1. The van der Waals surface area contributed by atoms with Gasteiger partial charge in [-0.1, -0.05) is 0 Å². The summed E-state index contributed by atoms with van der Waals surface area (Å²) in [6.07, 6.45) is 0. The second-order valence-corrected chi connectivity index (χ2v) is 6.02. The number of thiophene rings is 1. The third-order valence-corrected chi connectivity index (χ3v) is 4.50. The Morgan fingerprint density at radius 3 is 2.48 bits per heavy atom. The van der Waals surface area contributed by atoms with Gasteiger partial charge in [-0.05, 0) is 36.8 Å². The van der Waals surface area contributed by atoms with E-state index in [0.717, 1.165) is 22.7 Å². The summed E-state index contributed by atoms with van der Waals surface area (Å²) < 4.78 is 10.6. The molecule has 0 saturated carbocycles. The van der Waals surface area contributed by atoms with Crippen molar-refractivity contribution in [2.24, 2.45) is 0 Å². The molecule has 0 aliphatic rings. The molecule has 21 heavy (non-hydrogen) atoms. The maximum absolute atomic E-state index is 9.07. The zero-order chi connectivity index (χ0) is 15.4. The number of benzene rings is 1. The largest absolute Gasteiger partial charge is 0.493 e. The van der Waals surface area contributed by atoms with Crippen LogP contribution in [0.25, 0.3) is 10.4 Å². The minimum absolute atomic E-state index is 0.150. The number of likely N-dealkylation sites (N-methyl/N-ethyl adjacent to an activating group) is 1. The molecule has 1 N–H and O–H groups in total. The van der Waals surface area contributed by atoms with Gasteiger partial charge in [0.25, 0.3) is 0 Å². The van der Waals surface area contributed by atoms with Crippen LogP contribution in [0.3, 0.4) is 0 Å². The van der Waals surface area contributed by atoms with Crippen molar-refractivity contribution in [3.8, 4) is 21.9 Å². The van der Waals surface area contributed by atoms with Crippen molar-refractivity contribution in [1.29, 1.82) is 0 Å². The van der Waals surface area contributed by atoms with Crippen molar-refractivity contribution in [3.63, 3.8) is 0 Å². The number of aliphatic hydroxyl groups is 1. The van der Waals surface area contributed by atoms with E-state index in [2.05, 4.69) is 17.9 Å². The van der Waals surface area contributed by atoms with Gasteiger partial charge in [0.05, 0.1) is 26.5 Å². The van der Waals surface area contributed by atoms with Crippen LogP contribution in [-0.2, 0) is 0 Å². The molecule has 2 aromatic rings. The molecule has 5 heteroatoms. The van der Waals surface area contributed by atoms with Gasteiger partial charge in [0.2, 0.25) is 0 Å². The van der Waals surface area contributed by atoms with Crippen LogP contribution in [0, 0.1) is 6.92 Å². The topological polar surface area (TPSA) is 41.9 Å². The highest BCUT2D eigenvalue weighted by molar-refractivity contribution is 7.16. The van der Waals surface area contributed by atoms with Crippen LogP contribution < -0.4 is 14.4 Å². The van der Waals surface area contributed by atoms with Gasteiger partial charge in [-0.2, -0.15) is 0 Å². The van der Waals surface area contributed by atoms with E-state index in [1.54, 1.807) is 25.6 Å². The third kappa shape index (κ3) is 3.31. The fourth-order valence-corrected chi connectivity index (χ4v) is 3.32. The molecule has 0 aliphatic heterocycles. The molecule has 0 unspecified atom stereocenters. The molecule has 1 heterocycles. The van der Waals surface area contributed by atoms with Gasteiger partial charge in [0, 0.05) is 23.3 Å². The van der Waals surface area contributed by atoms with Gasteiger partial charge in [0.1, 0.15) is 0 Å². The summed E-state index contributed by atoms with van der Waals surface area (Å²) in [6.45, 7) is 2.87. The average molecular weight is 307 g/mol. The number of anilines is 1. The summed E-state index contributed by atoms with van der Waals surface area (Å²) in [5.74, 6) is 1.46. The lowest BCUT2D eigenvalue weighted by molar-refractivity contribution is 0.304. The van der Waals surface area contributed by atoms with Gasteiger partial charge in [0.15, 0.2) is 11.5 Å². The van der Waals surface area contributed by atoms with E-state index >= 15 is 0 Å². The molecule has 0 bridgehead atoms. The molecule has 1 aromatic carbocycles. The quantitative estimate of drug-likeness (QED) is 0.890. The lowest BCUT2D eigenvalue weighted by Gasteiger charge is -2.16. The molecule has 0 radical (unpaired) electrons. The third-order valence-electron chi connectivity index (χ3n) is 3.41. The monoisotopic (exact) mass is 307 g/mol. The smallest absolute Gasteiger partial charge is 0.161 e. The Hall–Kier alpha value is -1.72. The standard InChI is InChI=1S/C16H21NO3S/c1-11-13(17(2)7-8-18)10-16(21-11)12-5-6-14(19-3)15(9-12)20-4/h5-6,9-10,18H,7-8H2,1-4H3. The van der Waals surface area contributed by atoms with Crippen molar-refractivity contribution in [2.75, 3.05) is 39.3 Å². The number of aryl methyl sites for hydroxylation is 1. The zero-order valence-electron chi connectivity index (χ0n) is 12.8. The number of ether oxygens (including phenoxy) is 2. The van der Waals surface area contributed by atoms with Gasteiger partial charge >= 0.3 is 0 Å². The normalized spacial score (nSPS) is 10.5.